The summed E-state index contributed by atoms with van der Waals surface area (Å²) in [5, 5.41) is 1.10. The number of hydrazine groups is 1. The van der Waals surface area contributed by atoms with Crippen LogP contribution < -0.4 is 10.0 Å². The van der Waals surface area contributed by atoms with Crippen molar-refractivity contribution in [1.82, 2.24) is 0 Å². The van der Waals surface area contributed by atoms with Crippen LogP contribution in [0.4, 0.5) is 11.4 Å². The molecular formula is C19H20N2O2. The Bertz CT molecular complexity index is 1040. The Kier molecular flexibility index (Phi) is 2.11. The second-order valence-electron chi connectivity index (χ2n) is 4.94. The van der Waals surface area contributed by atoms with Crippen LogP contribution in [-0.4, -0.2) is 11.8 Å². The van der Waals surface area contributed by atoms with Crippen LogP contribution >= 0.6 is 0 Å². The van der Waals surface area contributed by atoms with Crippen LogP contribution in [0.15, 0.2) is 60.4 Å². The van der Waals surface area contributed by atoms with Crippen molar-refractivity contribution < 1.29 is 23.3 Å². The molecule has 2 aromatic rings. The van der Waals surface area contributed by atoms with Crippen molar-refractivity contribution in [2.45, 2.75) is 26.2 Å². The molecule has 1 aliphatic heterocycles. The maximum atomic E-state index is 13.4. The van der Waals surface area contributed by atoms with E-state index < -0.39 is 89.5 Å². The van der Waals surface area contributed by atoms with Gasteiger partial charge in [0, 0.05) is 0 Å². The topological polar surface area (TPSA) is 40.6 Å². The molecule has 0 N–H and O–H groups in total. The Morgan fingerprint density at radius 3 is 1.70 bits per heavy atom. The Balaban J connectivity index is 2.38. The first-order valence-corrected chi connectivity index (χ1v) is 7.20. The highest BCUT2D eigenvalue weighted by Crippen LogP contribution is 2.33. The molecule has 1 fully saturated rings. The van der Waals surface area contributed by atoms with E-state index in [-0.39, 0.29) is 6.42 Å². The van der Waals surface area contributed by atoms with E-state index in [1.54, 1.807) is 0 Å². The van der Waals surface area contributed by atoms with E-state index in [9.17, 15) is 9.59 Å². The van der Waals surface area contributed by atoms with Gasteiger partial charge < -0.3 is 0 Å². The lowest BCUT2D eigenvalue weighted by Crippen LogP contribution is -2.41. The zero-order chi connectivity index (χ0) is 24.9. The number of nitrogens with zero attached hydrogens (tertiary/aromatic N) is 2. The van der Waals surface area contributed by atoms with E-state index in [2.05, 4.69) is 0 Å². The highest BCUT2D eigenvalue weighted by molar-refractivity contribution is 6.22. The third kappa shape index (κ3) is 2.84. The minimum absolute atomic E-state index is 0.0818. The molecule has 3 rings (SSSR count). The molecule has 0 aromatic heterocycles. The van der Waals surface area contributed by atoms with Crippen LogP contribution in [0, 0.1) is 5.92 Å². The van der Waals surface area contributed by atoms with Gasteiger partial charge in [-0.05, 0) is 30.6 Å². The van der Waals surface area contributed by atoms with Gasteiger partial charge in [-0.25, -0.2) is 10.0 Å². The smallest absolute Gasteiger partial charge is 0.258 e. The number of benzene rings is 2. The van der Waals surface area contributed by atoms with E-state index >= 15 is 0 Å². The van der Waals surface area contributed by atoms with Crippen LogP contribution in [0.1, 0.15) is 39.9 Å². The molecule has 0 bridgehead atoms. The first-order chi connectivity index (χ1) is 15.4. The van der Waals surface area contributed by atoms with Crippen LogP contribution in [0.2, 0.25) is 0 Å². The van der Waals surface area contributed by atoms with Crippen molar-refractivity contribution in [3.63, 3.8) is 0 Å². The first kappa shape index (κ1) is 7.30. The Morgan fingerprint density at radius 1 is 0.870 bits per heavy atom. The predicted molar refractivity (Wildman–Crippen MR) is 90.9 cm³/mol. The van der Waals surface area contributed by atoms with E-state index in [1.807, 2.05) is 6.92 Å². The van der Waals surface area contributed by atoms with Crippen molar-refractivity contribution >= 4 is 23.2 Å². The highest BCUT2D eigenvalue weighted by atomic mass is 16.2. The summed E-state index contributed by atoms with van der Waals surface area (Å²) in [6.07, 6.45) is 1.18. The van der Waals surface area contributed by atoms with Gasteiger partial charge in [0.05, 0.1) is 25.1 Å². The van der Waals surface area contributed by atoms with Crippen molar-refractivity contribution in [1.29, 1.82) is 0 Å². The standard InChI is InChI=1S/C19H20N2O2/c1-2-3-14-17-18(22)20(15-10-6-4-7-11-15)21(19(17)23)16-12-8-5-9-13-16/h4-13,17H,2-3,14H2,1H3/i4D,5D,6D,7D,8D,9D,10D,11D,12D,13D. The molecule has 1 saturated heterocycles. The quantitative estimate of drug-likeness (QED) is 0.787. The molecular weight excluding hydrogens is 288 g/mol. The number of unbranched alkanes of at least 4 members (excludes halogenated alkanes) is 1. The SMILES string of the molecule is [2H]c1c([2H])c([2H])c(N2C(=O)C(CCCC)C(=O)N2c2c([2H])c([2H])c([2H])c([2H])c2[2H])c([2H])c1[2H]. The number of carbonyl (C=O) groups is 2. The first-order valence-electron chi connectivity index (χ1n) is 12.2. The summed E-state index contributed by atoms with van der Waals surface area (Å²) in [6, 6.07) is -7.47. The summed E-state index contributed by atoms with van der Waals surface area (Å²) in [6.45, 7) is 1.84. The number of anilines is 2. The molecule has 1 aliphatic rings. The van der Waals surface area contributed by atoms with Gasteiger partial charge in [0.25, 0.3) is 11.8 Å². The van der Waals surface area contributed by atoms with E-state index in [0.29, 0.717) is 22.9 Å². The summed E-state index contributed by atoms with van der Waals surface area (Å²) in [4.78, 5) is 26.7. The average Bonchev–Trinajstić information content (AvgIpc) is 3.02. The summed E-state index contributed by atoms with van der Waals surface area (Å²) < 4.78 is 80.2. The minimum atomic E-state index is -1.30. The van der Waals surface area contributed by atoms with Crippen LogP contribution in [-0.2, 0) is 9.59 Å². The molecule has 4 heteroatoms. The summed E-state index contributed by atoms with van der Waals surface area (Å²) >= 11 is 0. The molecule has 118 valence electrons. The molecule has 0 unspecified atom stereocenters. The maximum absolute atomic E-state index is 13.4. The molecule has 4 nitrogen and oxygen atoms in total. The molecule has 0 spiro atoms. The van der Waals surface area contributed by atoms with Crippen molar-refractivity contribution in [3.05, 3.63) is 60.4 Å². The van der Waals surface area contributed by atoms with Gasteiger partial charge in [-0.1, -0.05) is 56.0 Å². The fourth-order valence-corrected chi connectivity index (χ4v) is 2.37. The number of amides is 2. The van der Waals surface area contributed by atoms with Gasteiger partial charge in [0.15, 0.2) is 0 Å². The lowest BCUT2D eigenvalue weighted by atomic mass is 10.0. The Labute approximate surface area is 150 Å². The molecule has 0 aliphatic carbocycles. The Morgan fingerprint density at radius 2 is 1.30 bits per heavy atom. The highest BCUT2D eigenvalue weighted by Gasteiger charge is 2.46. The molecule has 23 heavy (non-hydrogen) atoms. The summed E-state index contributed by atoms with van der Waals surface area (Å²) in [7, 11) is 0. The fourth-order valence-electron chi connectivity index (χ4n) is 2.37. The van der Waals surface area contributed by atoms with E-state index in [1.165, 1.54) is 0 Å². The van der Waals surface area contributed by atoms with Crippen LogP contribution in [0.25, 0.3) is 0 Å². The Hall–Kier alpha value is -2.62. The number of hydrogen-bond donors (Lipinski definition) is 0. The van der Waals surface area contributed by atoms with E-state index in [0.717, 1.165) is 0 Å². The van der Waals surface area contributed by atoms with Crippen molar-refractivity contribution in [3.8, 4) is 0 Å². The predicted octanol–water partition coefficient (Wildman–Crippen LogP) is 3.79. The molecule has 0 radical (unpaired) electrons. The van der Waals surface area contributed by atoms with Crippen LogP contribution in [0.3, 0.4) is 0 Å². The average molecular weight is 318 g/mol. The van der Waals surface area contributed by atoms with Gasteiger partial charge in [-0.3, -0.25) is 9.59 Å². The third-order valence-corrected chi connectivity index (χ3v) is 3.46. The molecule has 0 atom stereocenters. The minimum Gasteiger partial charge on any atom is -0.272 e. The molecule has 0 saturated carbocycles. The fraction of sp³-hybridized carbons (Fsp3) is 0.263. The van der Waals surface area contributed by atoms with Gasteiger partial charge in [-0.15, -0.1) is 0 Å². The monoisotopic (exact) mass is 318 g/mol. The number of carbonyl (C=O) groups excluding carboxylic acids is 2. The van der Waals surface area contributed by atoms with Gasteiger partial charge >= 0.3 is 0 Å². The number of rotatable bonds is 5. The zero-order valence-corrected chi connectivity index (χ0v) is 12.4. The van der Waals surface area contributed by atoms with Crippen molar-refractivity contribution in [2.24, 2.45) is 5.92 Å². The normalized spacial score (nSPS) is 21.6. The number of hydrogen-bond acceptors (Lipinski definition) is 2. The molecule has 1 heterocycles. The third-order valence-electron chi connectivity index (χ3n) is 3.46. The lowest BCUT2D eigenvalue weighted by molar-refractivity contribution is -0.127. The molecule has 2 aromatic carbocycles. The lowest BCUT2D eigenvalue weighted by Gasteiger charge is -2.27. The summed E-state index contributed by atoms with van der Waals surface area (Å²) in [5.74, 6) is -3.11. The van der Waals surface area contributed by atoms with E-state index in [4.69, 9.17) is 13.7 Å². The van der Waals surface area contributed by atoms with Gasteiger partial charge in [0.2, 0.25) is 0 Å². The second-order valence-corrected chi connectivity index (χ2v) is 4.94. The summed E-state index contributed by atoms with van der Waals surface area (Å²) in [5.41, 5.74) is -1.27. The maximum Gasteiger partial charge on any atom is 0.258 e. The van der Waals surface area contributed by atoms with Gasteiger partial charge in [-0.2, -0.15) is 0 Å². The molecule has 2 amide bonds. The number of para-hydroxylation sites is 2. The largest absolute Gasteiger partial charge is 0.272 e. The van der Waals surface area contributed by atoms with Crippen molar-refractivity contribution in [2.75, 3.05) is 10.0 Å². The zero-order valence-electron chi connectivity index (χ0n) is 22.4. The second kappa shape index (κ2) is 6.65. The van der Waals surface area contributed by atoms with Crippen LogP contribution in [0.5, 0.6) is 0 Å². The van der Waals surface area contributed by atoms with Gasteiger partial charge in [0.1, 0.15) is 5.92 Å².